The molecule has 126 valence electrons. The van der Waals surface area contributed by atoms with Crippen LogP contribution in [-0.2, 0) is 0 Å². The third-order valence-electron chi connectivity index (χ3n) is 4.69. The van der Waals surface area contributed by atoms with Crippen LogP contribution in [0.15, 0.2) is 18.2 Å². The predicted molar refractivity (Wildman–Crippen MR) is 89.0 cm³/mol. The summed E-state index contributed by atoms with van der Waals surface area (Å²) in [5.74, 6) is 1.14. The maximum absolute atomic E-state index is 12.5. The number of nitrogens with one attached hydrogen (secondary N) is 1. The summed E-state index contributed by atoms with van der Waals surface area (Å²) in [6.45, 7) is 5.39. The zero-order valence-corrected chi connectivity index (χ0v) is 13.8. The molecule has 2 aliphatic rings. The van der Waals surface area contributed by atoms with Crippen LogP contribution in [0.2, 0.25) is 0 Å². The highest BCUT2D eigenvalue weighted by Crippen LogP contribution is 2.35. The molecule has 1 unspecified atom stereocenters. The normalized spacial score (nSPS) is 20.5. The fourth-order valence-electron chi connectivity index (χ4n) is 3.36. The van der Waals surface area contributed by atoms with Crippen LogP contribution in [0, 0.1) is 0 Å². The molecule has 1 atom stereocenters. The Bertz CT molecular complexity index is 547. The van der Waals surface area contributed by atoms with Gasteiger partial charge in [0.05, 0.1) is 5.56 Å². The molecule has 0 radical (unpaired) electrons. The summed E-state index contributed by atoms with van der Waals surface area (Å²) in [6.07, 6.45) is 6.12. The van der Waals surface area contributed by atoms with E-state index in [1.54, 1.807) is 6.07 Å². The van der Waals surface area contributed by atoms with Gasteiger partial charge in [0, 0.05) is 12.6 Å². The first-order valence-corrected chi connectivity index (χ1v) is 8.70. The van der Waals surface area contributed by atoms with Crippen LogP contribution in [0.1, 0.15) is 49.4 Å². The molecule has 1 N–H and O–H groups in total. The van der Waals surface area contributed by atoms with Crippen molar-refractivity contribution in [1.82, 2.24) is 10.2 Å². The van der Waals surface area contributed by atoms with Crippen molar-refractivity contribution < 1.29 is 14.3 Å². The van der Waals surface area contributed by atoms with Crippen LogP contribution in [0.3, 0.4) is 0 Å². The number of benzene rings is 1. The number of fused-ring (bicyclic) bond motifs is 1. The largest absolute Gasteiger partial charge is 0.454 e. The molecule has 0 aromatic heterocycles. The minimum absolute atomic E-state index is 0.0756. The highest BCUT2D eigenvalue weighted by atomic mass is 16.7. The van der Waals surface area contributed by atoms with Gasteiger partial charge in [0.25, 0.3) is 5.91 Å². The van der Waals surface area contributed by atoms with Gasteiger partial charge in [-0.05, 0) is 44.5 Å². The topological polar surface area (TPSA) is 50.8 Å². The van der Waals surface area contributed by atoms with E-state index in [-0.39, 0.29) is 12.7 Å². The average Bonchev–Trinajstić information content (AvgIpc) is 3.07. The fourth-order valence-corrected chi connectivity index (χ4v) is 3.36. The predicted octanol–water partition coefficient (Wildman–Crippen LogP) is 2.80. The molecule has 2 heterocycles. The van der Waals surface area contributed by atoms with Gasteiger partial charge in [-0.2, -0.15) is 0 Å². The van der Waals surface area contributed by atoms with Crippen LogP contribution >= 0.6 is 0 Å². The molecule has 1 fully saturated rings. The monoisotopic (exact) mass is 318 g/mol. The molecule has 1 aromatic rings. The van der Waals surface area contributed by atoms with Crippen molar-refractivity contribution in [3.8, 4) is 11.5 Å². The number of para-hydroxylation sites is 1. The van der Waals surface area contributed by atoms with Crippen molar-refractivity contribution in [1.29, 1.82) is 0 Å². The number of hydrogen-bond donors (Lipinski definition) is 1. The van der Waals surface area contributed by atoms with Crippen molar-refractivity contribution in [2.24, 2.45) is 0 Å². The average molecular weight is 318 g/mol. The van der Waals surface area contributed by atoms with Crippen molar-refractivity contribution >= 4 is 5.91 Å². The fraction of sp³-hybridized carbons (Fsp3) is 0.611. The molecule has 5 heteroatoms. The quantitative estimate of drug-likeness (QED) is 0.876. The Labute approximate surface area is 137 Å². The standard InChI is InChI=1S/C18H26N2O3/c1-2-3-10-20-11-5-4-7-14(20)12-19-18(21)15-8-6-9-16-17(15)23-13-22-16/h6,8-9,14H,2-5,7,10-13H2,1H3,(H,19,21). The van der Waals surface area contributed by atoms with Crippen LogP contribution < -0.4 is 14.8 Å². The molecule has 5 nitrogen and oxygen atoms in total. The molecule has 0 saturated carbocycles. The van der Waals surface area contributed by atoms with Crippen molar-refractivity contribution in [2.75, 3.05) is 26.4 Å². The van der Waals surface area contributed by atoms with Crippen LogP contribution in [0.25, 0.3) is 0 Å². The Hall–Kier alpha value is -1.75. The van der Waals surface area contributed by atoms with Gasteiger partial charge in [-0.3, -0.25) is 9.69 Å². The Balaban J connectivity index is 1.59. The minimum Gasteiger partial charge on any atom is -0.454 e. The zero-order valence-electron chi connectivity index (χ0n) is 13.8. The number of nitrogens with zero attached hydrogens (tertiary/aromatic N) is 1. The van der Waals surface area contributed by atoms with Gasteiger partial charge in [-0.25, -0.2) is 0 Å². The summed E-state index contributed by atoms with van der Waals surface area (Å²) in [7, 11) is 0. The number of rotatable bonds is 6. The van der Waals surface area contributed by atoms with E-state index in [4.69, 9.17) is 9.47 Å². The zero-order chi connectivity index (χ0) is 16.1. The third-order valence-corrected chi connectivity index (χ3v) is 4.69. The minimum atomic E-state index is -0.0756. The van der Waals surface area contributed by atoms with Gasteiger partial charge >= 0.3 is 0 Å². The Kier molecular flexibility index (Phi) is 5.39. The maximum Gasteiger partial charge on any atom is 0.255 e. The van der Waals surface area contributed by atoms with Gasteiger partial charge in [0.15, 0.2) is 11.5 Å². The van der Waals surface area contributed by atoms with E-state index >= 15 is 0 Å². The molecule has 3 rings (SSSR count). The highest BCUT2D eigenvalue weighted by molar-refractivity contribution is 5.97. The summed E-state index contributed by atoms with van der Waals surface area (Å²) in [4.78, 5) is 15.0. The Morgan fingerprint density at radius 3 is 3.13 bits per heavy atom. The van der Waals surface area contributed by atoms with E-state index in [2.05, 4.69) is 17.1 Å². The van der Waals surface area contributed by atoms with E-state index in [9.17, 15) is 4.79 Å². The van der Waals surface area contributed by atoms with E-state index in [1.165, 1.54) is 25.7 Å². The number of hydrogen-bond acceptors (Lipinski definition) is 4. The van der Waals surface area contributed by atoms with Gasteiger partial charge in [-0.15, -0.1) is 0 Å². The second-order valence-electron chi connectivity index (χ2n) is 6.29. The van der Waals surface area contributed by atoms with Gasteiger partial charge < -0.3 is 14.8 Å². The Morgan fingerprint density at radius 2 is 2.26 bits per heavy atom. The molecule has 1 saturated heterocycles. The molecular weight excluding hydrogens is 292 g/mol. The highest BCUT2D eigenvalue weighted by Gasteiger charge is 2.25. The molecule has 0 spiro atoms. The van der Waals surface area contributed by atoms with Crippen LogP contribution in [0.4, 0.5) is 0 Å². The molecule has 2 aliphatic heterocycles. The SMILES string of the molecule is CCCCN1CCCCC1CNC(=O)c1cccc2c1OCO2. The number of carbonyl (C=O) groups is 1. The molecule has 0 aliphatic carbocycles. The smallest absolute Gasteiger partial charge is 0.255 e. The molecular formula is C18H26N2O3. The number of amides is 1. The molecule has 1 aromatic carbocycles. The second-order valence-corrected chi connectivity index (χ2v) is 6.29. The lowest BCUT2D eigenvalue weighted by atomic mass is 10.0. The van der Waals surface area contributed by atoms with E-state index in [0.717, 1.165) is 19.5 Å². The summed E-state index contributed by atoms with van der Waals surface area (Å²) < 4.78 is 10.8. The number of unbranched alkanes of at least 4 members (excludes halogenated alkanes) is 1. The lowest BCUT2D eigenvalue weighted by Crippen LogP contribution is -2.47. The van der Waals surface area contributed by atoms with Gasteiger partial charge in [0.2, 0.25) is 6.79 Å². The lowest BCUT2D eigenvalue weighted by molar-refractivity contribution is 0.0908. The Morgan fingerprint density at radius 1 is 1.35 bits per heavy atom. The molecule has 23 heavy (non-hydrogen) atoms. The summed E-state index contributed by atoms with van der Waals surface area (Å²) >= 11 is 0. The van der Waals surface area contributed by atoms with E-state index in [1.807, 2.05) is 12.1 Å². The summed E-state index contributed by atoms with van der Waals surface area (Å²) in [5, 5.41) is 3.09. The van der Waals surface area contributed by atoms with Gasteiger partial charge in [0.1, 0.15) is 0 Å². The second kappa shape index (κ2) is 7.68. The maximum atomic E-state index is 12.5. The number of piperidine rings is 1. The lowest BCUT2D eigenvalue weighted by Gasteiger charge is -2.35. The van der Waals surface area contributed by atoms with Crippen molar-refractivity contribution in [3.63, 3.8) is 0 Å². The third kappa shape index (κ3) is 3.78. The van der Waals surface area contributed by atoms with E-state index < -0.39 is 0 Å². The summed E-state index contributed by atoms with van der Waals surface area (Å²) in [6, 6.07) is 5.90. The first kappa shape index (κ1) is 16.1. The summed E-state index contributed by atoms with van der Waals surface area (Å²) in [5.41, 5.74) is 0.566. The van der Waals surface area contributed by atoms with Crippen molar-refractivity contribution in [2.45, 2.75) is 45.1 Å². The number of ether oxygens (including phenoxy) is 2. The molecule has 1 amide bonds. The van der Waals surface area contributed by atoms with Crippen LogP contribution in [0.5, 0.6) is 11.5 Å². The van der Waals surface area contributed by atoms with E-state index in [0.29, 0.717) is 29.6 Å². The first-order valence-electron chi connectivity index (χ1n) is 8.70. The van der Waals surface area contributed by atoms with Gasteiger partial charge in [-0.1, -0.05) is 25.8 Å². The number of carbonyl (C=O) groups excluding carboxylic acids is 1. The number of likely N-dealkylation sites (tertiary alicyclic amines) is 1. The van der Waals surface area contributed by atoms with Crippen molar-refractivity contribution in [3.05, 3.63) is 23.8 Å². The first-order chi connectivity index (χ1) is 11.3. The van der Waals surface area contributed by atoms with Crippen LogP contribution in [-0.4, -0.2) is 43.3 Å². The molecule has 0 bridgehead atoms.